The largest absolute Gasteiger partial charge is 0.497 e. The van der Waals surface area contributed by atoms with Crippen LogP contribution in [-0.4, -0.2) is 28.5 Å². The van der Waals surface area contributed by atoms with Crippen molar-refractivity contribution >= 4 is 80.3 Å². The Balaban J connectivity index is 1.60. The molecule has 0 fully saturated rings. The van der Waals surface area contributed by atoms with Gasteiger partial charge >= 0.3 is 0 Å². The molecule has 3 aromatic rings. The molecule has 2 aromatic carbocycles. The van der Waals surface area contributed by atoms with E-state index in [9.17, 15) is 4.79 Å². The number of amides is 1. The second kappa shape index (κ2) is 9.86. The Hall–Kier alpha value is -1.71. The highest BCUT2D eigenvalue weighted by molar-refractivity contribution is 8.02. The maximum absolute atomic E-state index is 12.5. The molecule has 2 N–H and O–H groups in total. The summed E-state index contributed by atoms with van der Waals surface area (Å²) in [5, 5.41) is 15.2. The van der Waals surface area contributed by atoms with Gasteiger partial charge in [0.2, 0.25) is 11.0 Å². The number of methoxy groups -OCH3 is 1. The normalized spacial score (nSPS) is 11.8. The van der Waals surface area contributed by atoms with E-state index in [2.05, 4.69) is 20.8 Å². The van der Waals surface area contributed by atoms with Crippen molar-refractivity contribution in [1.29, 1.82) is 0 Å². The first-order valence-electron chi connectivity index (χ1n) is 8.22. The number of hydrogen-bond acceptors (Lipinski definition) is 7. The van der Waals surface area contributed by atoms with E-state index >= 15 is 0 Å². The fourth-order valence-electron chi connectivity index (χ4n) is 2.20. The van der Waals surface area contributed by atoms with Gasteiger partial charge < -0.3 is 15.4 Å². The maximum atomic E-state index is 12.5. The predicted octanol–water partition coefficient (Wildman–Crippen LogP) is 6.37. The second-order valence-corrected chi connectivity index (χ2v) is 9.54. The van der Waals surface area contributed by atoms with Crippen LogP contribution in [0.3, 0.4) is 0 Å². The van der Waals surface area contributed by atoms with E-state index in [0.29, 0.717) is 20.2 Å². The molecular weight excluding hydrogens is 475 g/mol. The molecule has 0 saturated carbocycles. The molecule has 1 heterocycles. The van der Waals surface area contributed by atoms with Crippen LogP contribution in [0.15, 0.2) is 40.7 Å². The SMILES string of the molecule is COc1ccc(Nc2nnc(SC(C)C(=O)Nc3c(Cl)cc(Cl)cc3Cl)s2)cc1. The van der Waals surface area contributed by atoms with Crippen molar-refractivity contribution in [3.8, 4) is 5.75 Å². The van der Waals surface area contributed by atoms with Crippen LogP contribution in [0.2, 0.25) is 15.1 Å². The Morgan fingerprint density at radius 1 is 1.14 bits per heavy atom. The molecule has 0 saturated heterocycles. The first-order valence-corrected chi connectivity index (χ1v) is 11.1. The lowest BCUT2D eigenvalue weighted by atomic mass is 10.3. The number of ether oxygens (including phenoxy) is 1. The van der Waals surface area contributed by atoms with Crippen LogP contribution in [0.4, 0.5) is 16.5 Å². The summed E-state index contributed by atoms with van der Waals surface area (Å²) in [6.07, 6.45) is 0. The summed E-state index contributed by atoms with van der Waals surface area (Å²) in [4.78, 5) is 12.5. The minimum atomic E-state index is -0.445. The van der Waals surface area contributed by atoms with Gasteiger partial charge in [0.15, 0.2) is 4.34 Å². The number of rotatable bonds is 7. The van der Waals surface area contributed by atoms with Gasteiger partial charge in [-0.25, -0.2) is 0 Å². The molecule has 11 heteroatoms. The van der Waals surface area contributed by atoms with Crippen LogP contribution < -0.4 is 15.4 Å². The van der Waals surface area contributed by atoms with Crippen LogP contribution in [0, 0.1) is 0 Å². The zero-order chi connectivity index (χ0) is 21.0. The molecule has 0 aliphatic carbocycles. The van der Waals surface area contributed by atoms with Gasteiger partial charge in [0.05, 0.1) is 28.1 Å². The van der Waals surface area contributed by atoms with Gasteiger partial charge in [-0.3, -0.25) is 4.79 Å². The number of hydrogen-bond donors (Lipinski definition) is 2. The topological polar surface area (TPSA) is 76.1 Å². The van der Waals surface area contributed by atoms with Crippen LogP contribution in [-0.2, 0) is 4.79 Å². The first kappa shape index (κ1) is 22.0. The maximum Gasteiger partial charge on any atom is 0.237 e. The quantitative estimate of drug-likeness (QED) is 0.376. The number of benzene rings is 2. The number of halogens is 3. The number of aromatic nitrogens is 2. The number of nitrogens with one attached hydrogen (secondary N) is 2. The third kappa shape index (κ3) is 5.90. The number of anilines is 3. The Kier molecular flexibility index (Phi) is 7.48. The highest BCUT2D eigenvalue weighted by Gasteiger charge is 2.20. The van der Waals surface area contributed by atoms with Crippen molar-refractivity contribution in [3.05, 3.63) is 51.5 Å². The number of carbonyl (C=O) groups excluding carboxylic acids is 1. The minimum absolute atomic E-state index is 0.263. The lowest BCUT2D eigenvalue weighted by Gasteiger charge is -2.13. The molecule has 0 aliphatic rings. The minimum Gasteiger partial charge on any atom is -0.497 e. The zero-order valence-corrected chi connectivity index (χ0v) is 19.1. The molecule has 6 nitrogen and oxygen atoms in total. The van der Waals surface area contributed by atoms with Crippen LogP contribution in [0.5, 0.6) is 5.75 Å². The number of thioether (sulfide) groups is 1. The average Bonchev–Trinajstić information content (AvgIpc) is 3.11. The van der Waals surface area contributed by atoms with Gasteiger partial charge in [0, 0.05) is 10.7 Å². The van der Waals surface area contributed by atoms with Gasteiger partial charge in [-0.2, -0.15) is 0 Å². The lowest BCUT2D eigenvalue weighted by molar-refractivity contribution is -0.115. The highest BCUT2D eigenvalue weighted by atomic mass is 35.5. The van der Waals surface area contributed by atoms with Gasteiger partial charge in [0.1, 0.15) is 5.75 Å². The summed E-state index contributed by atoms with van der Waals surface area (Å²) in [6, 6.07) is 10.5. The molecule has 1 atom stereocenters. The fraction of sp³-hybridized carbons (Fsp3) is 0.167. The molecule has 29 heavy (non-hydrogen) atoms. The highest BCUT2D eigenvalue weighted by Crippen LogP contribution is 2.35. The zero-order valence-electron chi connectivity index (χ0n) is 15.2. The first-order chi connectivity index (χ1) is 13.9. The van der Waals surface area contributed by atoms with Crippen molar-refractivity contribution in [3.63, 3.8) is 0 Å². The predicted molar refractivity (Wildman–Crippen MR) is 122 cm³/mol. The van der Waals surface area contributed by atoms with Crippen molar-refractivity contribution in [2.24, 2.45) is 0 Å². The smallest absolute Gasteiger partial charge is 0.237 e. The summed E-state index contributed by atoms with van der Waals surface area (Å²) in [5.74, 6) is 0.505. The van der Waals surface area contributed by atoms with E-state index in [-0.39, 0.29) is 16.0 Å². The van der Waals surface area contributed by atoms with Gasteiger partial charge in [-0.15, -0.1) is 10.2 Å². The summed E-state index contributed by atoms with van der Waals surface area (Å²) < 4.78 is 5.79. The molecule has 3 rings (SSSR count). The van der Waals surface area contributed by atoms with Gasteiger partial charge in [0.25, 0.3) is 0 Å². The van der Waals surface area contributed by atoms with E-state index in [1.54, 1.807) is 14.0 Å². The van der Waals surface area contributed by atoms with Gasteiger partial charge in [-0.05, 0) is 43.3 Å². The van der Waals surface area contributed by atoms with Crippen LogP contribution in [0.25, 0.3) is 0 Å². The summed E-state index contributed by atoms with van der Waals surface area (Å²) in [6.45, 7) is 1.76. The Morgan fingerprint density at radius 2 is 1.79 bits per heavy atom. The van der Waals surface area contributed by atoms with Crippen LogP contribution in [0.1, 0.15) is 6.92 Å². The summed E-state index contributed by atoms with van der Waals surface area (Å²) in [7, 11) is 1.61. The van der Waals surface area contributed by atoms with Crippen molar-refractivity contribution in [2.75, 3.05) is 17.7 Å². The second-order valence-electron chi connectivity index (χ2n) is 5.72. The Labute approximate surface area is 190 Å². The van der Waals surface area contributed by atoms with E-state index in [0.717, 1.165) is 11.4 Å². The molecule has 1 aromatic heterocycles. The fourth-order valence-corrected chi connectivity index (χ4v) is 5.02. The van der Waals surface area contributed by atoms with E-state index in [1.165, 1.54) is 35.2 Å². The third-order valence-electron chi connectivity index (χ3n) is 3.65. The molecule has 0 bridgehead atoms. The molecule has 0 aliphatic heterocycles. The summed E-state index contributed by atoms with van der Waals surface area (Å²) >= 11 is 20.8. The van der Waals surface area contributed by atoms with Crippen molar-refractivity contribution in [2.45, 2.75) is 16.5 Å². The molecule has 1 amide bonds. The Morgan fingerprint density at radius 3 is 2.41 bits per heavy atom. The van der Waals surface area contributed by atoms with E-state index in [4.69, 9.17) is 39.5 Å². The molecule has 152 valence electrons. The Bertz CT molecular complexity index is 992. The average molecular weight is 490 g/mol. The standard InChI is InChI=1S/C18H15Cl3N4O2S2/c1-9(16(26)23-15-13(20)7-10(19)8-14(15)21)28-18-25-24-17(29-18)22-11-3-5-12(27-2)6-4-11/h3-9H,1-2H3,(H,22,24)(H,23,26). The number of nitrogens with zero attached hydrogens (tertiary/aromatic N) is 2. The summed E-state index contributed by atoms with van der Waals surface area (Å²) in [5.41, 5.74) is 1.19. The van der Waals surface area contributed by atoms with Crippen molar-refractivity contribution < 1.29 is 9.53 Å². The third-order valence-corrected chi connectivity index (χ3v) is 6.49. The van der Waals surface area contributed by atoms with Gasteiger partial charge in [-0.1, -0.05) is 57.9 Å². The molecule has 0 spiro atoms. The monoisotopic (exact) mass is 488 g/mol. The van der Waals surface area contributed by atoms with Crippen LogP contribution >= 0.6 is 57.9 Å². The molecular formula is C18H15Cl3N4O2S2. The molecule has 0 radical (unpaired) electrons. The van der Waals surface area contributed by atoms with Crippen molar-refractivity contribution in [1.82, 2.24) is 10.2 Å². The van der Waals surface area contributed by atoms with E-state index < -0.39 is 5.25 Å². The molecule has 1 unspecified atom stereocenters. The van der Waals surface area contributed by atoms with E-state index in [1.807, 2.05) is 24.3 Å². The lowest BCUT2D eigenvalue weighted by Crippen LogP contribution is -2.22. The number of carbonyl (C=O) groups is 1.